The zero-order valence-electron chi connectivity index (χ0n) is 15.6. The molecule has 1 saturated heterocycles. The van der Waals surface area contributed by atoms with Crippen LogP contribution in [-0.2, 0) is 14.3 Å². The fourth-order valence-corrected chi connectivity index (χ4v) is 3.04. The molecule has 1 aromatic heterocycles. The Morgan fingerprint density at radius 1 is 1.23 bits per heavy atom. The summed E-state index contributed by atoms with van der Waals surface area (Å²) >= 11 is 0. The van der Waals surface area contributed by atoms with Crippen molar-refractivity contribution in [3.05, 3.63) is 24.3 Å². The molecule has 6 heteroatoms. The van der Waals surface area contributed by atoms with Crippen molar-refractivity contribution in [3.8, 4) is 0 Å². The number of para-hydroxylation sites is 2. The number of fused-ring (bicyclic) bond motifs is 1. The van der Waals surface area contributed by atoms with Gasteiger partial charge in [-0.1, -0.05) is 26.0 Å². The molecule has 0 radical (unpaired) electrons. The minimum atomic E-state index is -0.116. The second kappa shape index (κ2) is 9.03. The summed E-state index contributed by atoms with van der Waals surface area (Å²) in [7, 11) is 0. The molecule has 0 saturated carbocycles. The lowest BCUT2D eigenvalue weighted by Crippen LogP contribution is -2.37. The van der Waals surface area contributed by atoms with Crippen molar-refractivity contribution in [3.63, 3.8) is 0 Å². The Labute approximate surface area is 154 Å². The number of hydrogen-bond acceptors (Lipinski definition) is 6. The standard InChI is InChI=1S/C20H28N2O4/c1-15(2)9-12-24-13-14-25-19(23)16-7-10-22(11-8-16)20-21-17-5-3-4-6-18(17)26-20/h3-6,15-16H,7-14H2,1-2H3. The van der Waals surface area contributed by atoms with E-state index in [0.717, 1.165) is 50.1 Å². The quantitative estimate of drug-likeness (QED) is 0.529. The Hall–Kier alpha value is -2.08. The molecule has 0 unspecified atom stereocenters. The Balaban J connectivity index is 1.38. The highest BCUT2D eigenvalue weighted by molar-refractivity contribution is 5.75. The summed E-state index contributed by atoms with van der Waals surface area (Å²) in [5, 5.41) is 0. The average Bonchev–Trinajstić information content (AvgIpc) is 3.08. The van der Waals surface area contributed by atoms with Gasteiger partial charge in [-0.2, -0.15) is 4.98 Å². The van der Waals surface area contributed by atoms with Gasteiger partial charge in [0.25, 0.3) is 6.01 Å². The Bertz CT molecular complexity index is 672. The summed E-state index contributed by atoms with van der Waals surface area (Å²) in [6, 6.07) is 8.38. The number of benzene rings is 1. The summed E-state index contributed by atoms with van der Waals surface area (Å²) in [6.45, 7) is 7.35. The van der Waals surface area contributed by atoms with Crippen molar-refractivity contribution in [1.82, 2.24) is 4.98 Å². The molecule has 0 spiro atoms. The topological polar surface area (TPSA) is 64.8 Å². The smallest absolute Gasteiger partial charge is 0.309 e. The number of anilines is 1. The highest BCUT2D eigenvalue weighted by Gasteiger charge is 2.28. The van der Waals surface area contributed by atoms with Crippen molar-refractivity contribution < 1.29 is 18.7 Å². The van der Waals surface area contributed by atoms with E-state index in [1.807, 2.05) is 24.3 Å². The molecule has 1 aliphatic heterocycles. The number of rotatable bonds is 8. The van der Waals surface area contributed by atoms with E-state index >= 15 is 0 Å². The highest BCUT2D eigenvalue weighted by atomic mass is 16.6. The van der Waals surface area contributed by atoms with E-state index in [4.69, 9.17) is 13.9 Å². The number of aromatic nitrogens is 1. The van der Waals surface area contributed by atoms with Crippen LogP contribution in [-0.4, -0.2) is 43.9 Å². The minimum Gasteiger partial charge on any atom is -0.463 e. The first kappa shape index (κ1) is 18.7. The van der Waals surface area contributed by atoms with E-state index < -0.39 is 0 Å². The SMILES string of the molecule is CC(C)CCOCCOC(=O)C1CCN(c2nc3ccccc3o2)CC1. The van der Waals surface area contributed by atoms with Gasteiger partial charge in [0.1, 0.15) is 12.1 Å². The van der Waals surface area contributed by atoms with Gasteiger partial charge in [-0.3, -0.25) is 4.79 Å². The normalized spacial score (nSPS) is 15.7. The van der Waals surface area contributed by atoms with Gasteiger partial charge < -0.3 is 18.8 Å². The van der Waals surface area contributed by atoms with Crippen LogP contribution in [0.1, 0.15) is 33.1 Å². The Kier molecular flexibility index (Phi) is 6.50. The summed E-state index contributed by atoms with van der Waals surface area (Å²) in [4.78, 5) is 18.8. The van der Waals surface area contributed by atoms with E-state index in [2.05, 4.69) is 23.7 Å². The Morgan fingerprint density at radius 3 is 2.73 bits per heavy atom. The van der Waals surface area contributed by atoms with E-state index in [9.17, 15) is 4.79 Å². The molecule has 1 aliphatic rings. The number of carbonyl (C=O) groups is 1. The molecule has 1 aromatic carbocycles. The molecule has 0 aliphatic carbocycles. The predicted molar refractivity (Wildman–Crippen MR) is 100 cm³/mol. The zero-order valence-corrected chi connectivity index (χ0v) is 15.6. The van der Waals surface area contributed by atoms with Crippen LogP contribution < -0.4 is 4.90 Å². The van der Waals surface area contributed by atoms with Gasteiger partial charge in [-0.25, -0.2) is 0 Å². The fourth-order valence-electron chi connectivity index (χ4n) is 3.04. The van der Waals surface area contributed by atoms with Crippen LogP contribution in [0.4, 0.5) is 6.01 Å². The first-order valence-electron chi connectivity index (χ1n) is 9.48. The molecular formula is C20H28N2O4. The van der Waals surface area contributed by atoms with E-state index in [-0.39, 0.29) is 11.9 Å². The van der Waals surface area contributed by atoms with Crippen LogP contribution >= 0.6 is 0 Å². The third-order valence-electron chi connectivity index (χ3n) is 4.69. The lowest BCUT2D eigenvalue weighted by molar-refractivity contribution is -0.150. The second-order valence-electron chi connectivity index (χ2n) is 7.19. The summed E-state index contributed by atoms with van der Waals surface area (Å²) in [5.74, 6) is 0.463. The van der Waals surface area contributed by atoms with Gasteiger partial charge in [-0.05, 0) is 37.3 Å². The van der Waals surface area contributed by atoms with Gasteiger partial charge in [0.15, 0.2) is 5.58 Å². The van der Waals surface area contributed by atoms with Crippen LogP contribution in [0, 0.1) is 11.8 Å². The third kappa shape index (κ3) is 4.97. The number of nitrogens with zero attached hydrogens (tertiary/aromatic N) is 2. The molecule has 2 aromatic rings. The largest absolute Gasteiger partial charge is 0.463 e. The molecule has 26 heavy (non-hydrogen) atoms. The average molecular weight is 360 g/mol. The monoisotopic (exact) mass is 360 g/mol. The summed E-state index contributed by atoms with van der Waals surface area (Å²) in [6.07, 6.45) is 2.54. The molecular weight excluding hydrogens is 332 g/mol. The number of oxazole rings is 1. The maximum atomic E-state index is 12.2. The fraction of sp³-hybridized carbons (Fsp3) is 0.600. The molecule has 0 bridgehead atoms. The first-order chi connectivity index (χ1) is 12.6. The van der Waals surface area contributed by atoms with Crippen LogP contribution in [0.2, 0.25) is 0 Å². The number of hydrogen-bond donors (Lipinski definition) is 0. The summed E-state index contributed by atoms with van der Waals surface area (Å²) in [5.41, 5.74) is 1.66. The lowest BCUT2D eigenvalue weighted by Gasteiger charge is -2.29. The number of ether oxygens (including phenoxy) is 2. The molecule has 6 nitrogen and oxygen atoms in total. The van der Waals surface area contributed by atoms with Crippen LogP contribution in [0.25, 0.3) is 11.1 Å². The zero-order chi connectivity index (χ0) is 18.4. The molecule has 0 N–H and O–H groups in total. The Morgan fingerprint density at radius 2 is 2.00 bits per heavy atom. The van der Waals surface area contributed by atoms with Gasteiger partial charge in [0, 0.05) is 19.7 Å². The molecule has 2 heterocycles. The van der Waals surface area contributed by atoms with Crippen molar-refractivity contribution in [1.29, 1.82) is 0 Å². The molecule has 1 fully saturated rings. The third-order valence-corrected chi connectivity index (χ3v) is 4.69. The van der Waals surface area contributed by atoms with Crippen LogP contribution in [0.15, 0.2) is 28.7 Å². The maximum Gasteiger partial charge on any atom is 0.309 e. The number of piperidine rings is 1. The molecule has 0 amide bonds. The highest BCUT2D eigenvalue weighted by Crippen LogP contribution is 2.26. The van der Waals surface area contributed by atoms with Crippen LogP contribution in [0.3, 0.4) is 0 Å². The van der Waals surface area contributed by atoms with Crippen LogP contribution in [0.5, 0.6) is 0 Å². The van der Waals surface area contributed by atoms with Gasteiger partial charge in [-0.15, -0.1) is 0 Å². The van der Waals surface area contributed by atoms with Crippen molar-refractivity contribution in [2.75, 3.05) is 37.8 Å². The van der Waals surface area contributed by atoms with Crippen molar-refractivity contribution >= 4 is 23.1 Å². The van der Waals surface area contributed by atoms with Gasteiger partial charge >= 0.3 is 5.97 Å². The van der Waals surface area contributed by atoms with E-state index in [1.54, 1.807) is 0 Å². The lowest BCUT2D eigenvalue weighted by atomic mass is 9.97. The minimum absolute atomic E-state index is 0.0497. The number of carbonyl (C=O) groups excluding carboxylic acids is 1. The maximum absolute atomic E-state index is 12.2. The first-order valence-corrected chi connectivity index (χ1v) is 9.48. The second-order valence-corrected chi connectivity index (χ2v) is 7.19. The number of esters is 1. The predicted octanol–water partition coefficient (Wildman–Crippen LogP) is 3.65. The van der Waals surface area contributed by atoms with Gasteiger partial charge in [0.05, 0.1) is 12.5 Å². The summed E-state index contributed by atoms with van der Waals surface area (Å²) < 4.78 is 16.6. The van der Waals surface area contributed by atoms with Gasteiger partial charge in [0.2, 0.25) is 0 Å². The van der Waals surface area contributed by atoms with Crippen molar-refractivity contribution in [2.24, 2.45) is 11.8 Å². The molecule has 142 valence electrons. The molecule has 0 atom stereocenters. The van der Waals surface area contributed by atoms with E-state index in [1.165, 1.54) is 0 Å². The van der Waals surface area contributed by atoms with E-state index in [0.29, 0.717) is 25.1 Å². The van der Waals surface area contributed by atoms with Crippen molar-refractivity contribution in [2.45, 2.75) is 33.1 Å². The molecule has 3 rings (SSSR count).